The molecule has 4 heterocycles. The van der Waals surface area contributed by atoms with Crippen LogP contribution in [-0.2, 0) is 0 Å². The Kier molecular flexibility index (Phi) is 7.11. The lowest BCUT2D eigenvalue weighted by Gasteiger charge is -2.07. The van der Waals surface area contributed by atoms with Gasteiger partial charge in [-0.2, -0.15) is 10.1 Å². The number of nitrogens with one attached hydrogen (secondary N) is 1. The molecule has 0 atom stereocenters. The van der Waals surface area contributed by atoms with Crippen LogP contribution >= 0.6 is 37.2 Å². The van der Waals surface area contributed by atoms with Gasteiger partial charge in [-0.1, -0.05) is 11.2 Å². The molecule has 0 saturated heterocycles. The number of fused-ring (bicyclic) bond motifs is 1. The van der Waals surface area contributed by atoms with Crippen molar-refractivity contribution in [2.75, 3.05) is 0 Å². The minimum Gasteiger partial charge on any atom is -0.339 e. The summed E-state index contributed by atoms with van der Waals surface area (Å²) in [5.74, 6) is 1.30. The zero-order valence-corrected chi connectivity index (χ0v) is 19.8. The molecule has 6 rings (SSSR count). The van der Waals surface area contributed by atoms with Gasteiger partial charge in [-0.05, 0) is 49.6 Å². The van der Waals surface area contributed by atoms with E-state index in [0.29, 0.717) is 28.9 Å². The lowest BCUT2D eigenvalue weighted by molar-refractivity contribution is 0.380. The van der Waals surface area contributed by atoms with Crippen molar-refractivity contribution in [3.63, 3.8) is 0 Å². The fourth-order valence-electron chi connectivity index (χ4n) is 3.67. The molecule has 5 aromatic rings. The van der Waals surface area contributed by atoms with Crippen molar-refractivity contribution in [3.8, 4) is 33.9 Å². The zero-order valence-electron chi connectivity index (χ0n) is 17.4. The van der Waals surface area contributed by atoms with Crippen molar-refractivity contribution in [2.24, 2.45) is 0 Å². The zero-order chi connectivity index (χ0) is 20.2. The number of rotatable bonds is 4. The maximum absolute atomic E-state index is 14.6. The molecule has 0 bridgehead atoms. The molecule has 7 nitrogen and oxygen atoms in total. The molecule has 1 N–H and O–H groups in total. The number of aromatic amines is 1. The molecule has 0 unspecified atom stereocenters. The van der Waals surface area contributed by atoms with Crippen molar-refractivity contribution in [1.82, 2.24) is 29.7 Å². The Labute approximate surface area is 207 Å². The van der Waals surface area contributed by atoms with Gasteiger partial charge in [0.05, 0.1) is 18.1 Å². The van der Waals surface area contributed by atoms with Gasteiger partial charge in [-0.15, -0.1) is 37.2 Å². The quantitative estimate of drug-likeness (QED) is 0.320. The molecular weight excluding hydrogens is 490 g/mol. The normalized spacial score (nSPS) is 12.7. The second-order valence-electron chi connectivity index (χ2n) is 7.66. The Morgan fingerprint density at radius 2 is 1.88 bits per heavy atom. The van der Waals surface area contributed by atoms with Gasteiger partial charge >= 0.3 is 0 Å². The van der Waals surface area contributed by atoms with Crippen LogP contribution in [0.2, 0.25) is 0 Å². The maximum atomic E-state index is 14.6. The van der Waals surface area contributed by atoms with Gasteiger partial charge in [0.1, 0.15) is 17.2 Å². The van der Waals surface area contributed by atoms with Gasteiger partial charge in [0.15, 0.2) is 0 Å². The number of H-pyrrole nitrogens is 1. The van der Waals surface area contributed by atoms with Crippen LogP contribution in [0.4, 0.5) is 4.39 Å². The summed E-state index contributed by atoms with van der Waals surface area (Å²) in [6, 6.07) is 9.02. The molecule has 1 saturated carbocycles. The van der Waals surface area contributed by atoms with Gasteiger partial charge in [0.25, 0.3) is 0 Å². The number of hydrogen-bond acceptors (Lipinski definition) is 5. The van der Waals surface area contributed by atoms with Crippen LogP contribution in [0.1, 0.15) is 30.2 Å². The highest BCUT2D eigenvalue weighted by molar-refractivity contribution is 5.86. The number of halogens is 4. The molecule has 0 amide bonds. The van der Waals surface area contributed by atoms with Crippen LogP contribution in [-0.4, -0.2) is 29.7 Å². The molecule has 1 aromatic carbocycles. The van der Waals surface area contributed by atoms with Crippen LogP contribution in [0.3, 0.4) is 0 Å². The van der Waals surface area contributed by atoms with E-state index in [9.17, 15) is 4.39 Å². The average molecular weight is 510 g/mol. The SMILES string of the molecule is Cc1ccc(-c2[nH]ncc2-c2ccc3ncc(-c4noc(C5CC5)n4)n3c2)c(F)c1.Cl.Cl.Cl. The van der Waals surface area contributed by atoms with E-state index in [-0.39, 0.29) is 43.0 Å². The van der Waals surface area contributed by atoms with Crippen LogP contribution in [0, 0.1) is 12.7 Å². The Hall–Kier alpha value is -2.94. The lowest BCUT2D eigenvalue weighted by atomic mass is 10.0. The van der Waals surface area contributed by atoms with E-state index in [1.165, 1.54) is 6.07 Å². The first-order valence-electron chi connectivity index (χ1n) is 9.79. The molecule has 0 radical (unpaired) electrons. The molecule has 0 aliphatic heterocycles. The van der Waals surface area contributed by atoms with E-state index in [1.54, 1.807) is 18.5 Å². The summed E-state index contributed by atoms with van der Waals surface area (Å²) in [6.45, 7) is 1.86. The van der Waals surface area contributed by atoms with Crippen molar-refractivity contribution in [3.05, 3.63) is 66.2 Å². The summed E-state index contributed by atoms with van der Waals surface area (Å²) < 4.78 is 21.9. The molecule has 1 aliphatic rings. The largest absolute Gasteiger partial charge is 0.339 e. The minimum absolute atomic E-state index is 0. The maximum Gasteiger partial charge on any atom is 0.230 e. The Bertz CT molecular complexity index is 1410. The fraction of sp³-hybridized carbons (Fsp3) is 0.182. The number of pyridine rings is 1. The Morgan fingerprint density at radius 1 is 1.06 bits per heavy atom. The third-order valence-corrected chi connectivity index (χ3v) is 5.45. The topological polar surface area (TPSA) is 84.9 Å². The second-order valence-corrected chi connectivity index (χ2v) is 7.66. The van der Waals surface area contributed by atoms with Gasteiger partial charge in [0.2, 0.25) is 11.7 Å². The lowest BCUT2D eigenvalue weighted by Crippen LogP contribution is -1.93. The molecule has 1 fully saturated rings. The van der Waals surface area contributed by atoms with Gasteiger partial charge in [-0.3, -0.25) is 9.50 Å². The highest BCUT2D eigenvalue weighted by atomic mass is 35.5. The fourth-order valence-corrected chi connectivity index (χ4v) is 3.67. The smallest absolute Gasteiger partial charge is 0.230 e. The third-order valence-electron chi connectivity index (χ3n) is 5.45. The van der Waals surface area contributed by atoms with E-state index in [4.69, 9.17) is 4.52 Å². The van der Waals surface area contributed by atoms with Crippen molar-refractivity contribution >= 4 is 42.9 Å². The minimum atomic E-state index is -0.288. The predicted molar refractivity (Wildman–Crippen MR) is 130 cm³/mol. The summed E-state index contributed by atoms with van der Waals surface area (Å²) >= 11 is 0. The Balaban J connectivity index is 0.00000102. The number of benzene rings is 1. The third kappa shape index (κ3) is 4.34. The van der Waals surface area contributed by atoms with Gasteiger partial charge in [-0.25, -0.2) is 9.37 Å². The van der Waals surface area contributed by atoms with Crippen LogP contribution in [0.5, 0.6) is 0 Å². The van der Waals surface area contributed by atoms with E-state index < -0.39 is 0 Å². The van der Waals surface area contributed by atoms with E-state index >= 15 is 0 Å². The highest BCUT2D eigenvalue weighted by Crippen LogP contribution is 2.39. The first kappa shape index (κ1) is 24.7. The van der Waals surface area contributed by atoms with Crippen molar-refractivity contribution in [2.45, 2.75) is 25.7 Å². The number of aryl methyl sites for hydroxylation is 1. The molecule has 172 valence electrons. The van der Waals surface area contributed by atoms with Gasteiger partial charge < -0.3 is 4.52 Å². The first-order valence-corrected chi connectivity index (χ1v) is 9.79. The standard InChI is InChI=1S/C22H17FN6O.3ClH/c1-12-2-6-15(17(23)8-12)20-16(9-25-27-20)14-5-7-19-24-10-18(29(19)11-14)21-26-22(30-28-21)13-3-4-13;;;/h2,5-11,13H,3-4H2,1H3,(H,25,27);3*1H. The average Bonchev–Trinajstić information content (AvgIpc) is 3.15. The highest BCUT2D eigenvalue weighted by Gasteiger charge is 2.30. The predicted octanol–water partition coefficient (Wildman–Crippen LogP) is 6.03. The summed E-state index contributed by atoms with van der Waals surface area (Å²) in [7, 11) is 0. The van der Waals surface area contributed by atoms with E-state index in [2.05, 4.69) is 25.3 Å². The summed E-state index contributed by atoms with van der Waals surface area (Å²) in [4.78, 5) is 8.98. The molecule has 11 heteroatoms. The molecular formula is C22H20Cl3FN6O. The summed E-state index contributed by atoms with van der Waals surface area (Å²) in [5, 5.41) is 11.2. The van der Waals surface area contributed by atoms with Crippen molar-refractivity contribution < 1.29 is 8.91 Å². The van der Waals surface area contributed by atoms with Crippen molar-refractivity contribution in [1.29, 1.82) is 0 Å². The van der Waals surface area contributed by atoms with Crippen LogP contribution in [0.15, 0.2) is 53.4 Å². The Morgan fingerprint density at radius 3 is 2.64 bits per heavy atom. The molecule has 4 aromatic heterocycles. The molecule has 33 heavy (non-hydrogen) atoms. The van der Waals surface area contributed by atoms with Gasteiger partial charge in [0, 0.05) is 28.8 Å². The summed E-state index contributed by atoms with van der Waals surface area (Å²) in [5.41, 5.74) is 5.15. The first-order chi connectivity index (χ1) is 14.7. The number of aromatic nitrogens is 6. The molecule has 0 spiro atoms. The monoisotopic (exact) mass is 508 g/mol. The second kappa shape index (κ2) is 9.51. The number of nitrogens with zero attached hydrogens (tertiary/aromatic N) is 5. The number of imidazole rings is 1. The number of hydrogen-bond donors (Lipinski definition) is 1. The molecule has 1 aliphatic carbocycles. The summed E-state index contributed by atoms with van der Waals surface area (Å²) in [6.07, 6.45) is 7.56. The van der Waals surface area contributed by atoms with Crippen LogP contribution in [0.25, 0.3) is 39.5 Å². The van der Waals surface area contributed by atoms with E-state index in [1.807, 2.05) is 35.7 Å². The van der Waals surface area contributed by atoms with Crippen LogP contribution < -0.4 is 0 Å². The van der Waals surface area contributed by atoms with E-state index in [0.717, 1.165) is 40.9 Å².